The fourth-order valence-corrected chi connectivity index (χ4v) is 2.17. The Morgan fingerprint density at radius 3 is 2.39 bits per heavy atom. The van der Waals surface area contributed by atoms with E-state index < -0.39 is 0 Å². The van der Waals surface area contributed by atoms with Gasteiger partial charge < -0.3 is 10.6 Å². The van der Waals surface area contributed by atoms with E-state index in [0.29, 0.717) is 6.54 Å². The average molecular weight is 248 g/mol. The predicted octanol–water partition coefficient (Wildman–Crippen LogP) is 1.98. The van der Waals surface area contributed by atoms with Crippen LogP contribution < -0.4 is 5.73 Å². The maximum absolute atomic E-state index is 12.3. The van der Waals surface area contributed by atoms with Crippen molar-refractivity contribution >= 4 is 5.91 Å². The normalized spacial score (nSPS) is 12.2. The lowest BCUT2D eigenvalue weighted by atomic mass is 9.95. The van der Waals surface area contributed by atoms with E-state index in [1.807, 2.05) is 30.9 Å². The molecule has 1 rings (SSSR count). The van der Waals surface area contributed by atoms with E-state index in [4.69, 9.17) is 5.73 Å². The molecular formula is C15H24N2O. The molecule has 0 fully saturated rings. The lowest BCUT2D eigenvalue weighted by Crippen LogP contribution is -2.40. The van der Waals surface area contributed by atoms with Crippen molar-refractivity contribution in [3.05, 3.63) is 35.4 Å². The minimum atomic E-state index is -0.106. The van der Waals surface area contributed by atoms with E-state index in [2.05, 4.69) is 19.1 Å². The van der Waals surface area contributed by atoms with Gasteiger partial charge in [0, 0.05) is 19.6 Å². The van der Waals surface area contributed by atoms with E-state index >= 15 is 0 Å². The number of aryl methyl sites for hydroxylation is 1. The number of nitrogens with two attached hydrogens (primary N) is 1. The average Bonchev–Trinajstić information content (AvgIpc) is 2.39. The Kier molecular flexibility index (Phi) is 5.86. The molecular weight excluding hydrogens is 224 g/mol. The van der Waals surface area contributed by atoms with Crippen LogP contribution in [-0.2, 0) is 11.2 Å². The second-order valence-corrected chi connectivity index (χ2v) is 4.57. The zero-order chi connectivity index (χ0) is 13.5. The van der Waals surface area contributed by atoms with Crippen LogP contribution in [0.3, 0.4) is 0 Å². The van der Waals surface area contributed by atoms with E-state index in [1.54, 1.807) is 0 Å². The number of nitrogens with zero attached hydrogens (tertiary/aromatic N) is 1. The summed E-state index contributed by atoms with van der Waals surface area (Å²) in [6.07, 6.45) is 0.735. The highest BCUT2D eigenvalue weighted by molar-refractivity contribution is 5.79. The van der Waals surface area contributed by atoms with Crippen LogP contribution >= 0.6 is 0 Å². The summed E-state index contributed by atoms with van der Waals surface area (Å²) in [5, 5.41) is 0. The number of hydrogen-bond acceptors (Lipinski definition) is 2. The molecule has 1 aromatic rings. The zero-order valence-corrected chi connectivity index (χ0v) is 11.6. The first-order valence-electron chi connectivity index (χ1n) is 6.67. The topological polar surface area (TPSA) is 46.3 Å². The Labute approximate surface area is 110 Å². The van der Waals surface area contributed by atoms with E-state index in [1.165, 1.54) is 11.1 Å². The zero-order valence-electron chi connectivity index (χ0n) is 11.6. The van der Waals surface area contributed by atoms with Gasteiger partial charge in [0.2, 0.25) is 5.91 Å². The first kappa shape index (κ1) is 14.7. The van der Waals surface area contributed by atoms with Gasteiger partial charge in [-0.3, -0.25) is 4.79 Å². The molecule has 1 amide bonds. The predicted molar refractivity (Wildman–Crippen MR) is 75.4 cm³/mol. The molecule has 0 aliphatic rings. The number of rotatable bonds is 6. The number of benzene rings is 1. The van der Waals surface area contributed by atoms with Crippen LogP contribution in [0.1, 0.15) is 25.0 Å². The lowest BCUT2D eigenvalue weighted by Gasteiger charge is -2.24. The summed E-state index contributed by atoms with van der Waals surface area (Å²) in [6.45, 7) is 7.99. The third-order valence-electron chi connectivity index (χ3n) is 3.44. The second kappa shape index (κ2) is 7.17. The van der Waals surface area contributed by atoms with Crippen LogP contribution in [-0.4, -0.2) is 30.4 Å². The molecule has 1 unspecified atom stereocenters. The fourth-order valence-electron chi connectivity index (χ4n) is 2.17. The Bertz CT molecular complexity index is 386. The van der Waals surface area contributed by atoms with Gasteiger partial charge in [0.1, 0.15) is 0 Å². The van der Waals surface area contributed by atoms with Gasteiger partial charge in [-0.15, -0.1) is 0 Å². The van der Waals surface area contributed by atoms with Crippen molar-refractivity contribution < 1.29 is 4.79 Å². The molecule has 0 aromatic heterocycles. The van der Waals surface area contributed by atoms with Crippen molar-refractivity contribution in [1.29, 1.82) is 0 Å². The first-order valence-corrected chi connectivity index (χ1v) is 6.67. The summed E-state index contributed by atoms with van der Waals surface area (Å²) in [6, 6.07) is 8.18. The quantitative estimate of drug-likeness (QED) is 0.836. The molecule has 0 heterocycles. The largest absolute Gasteiger partial charge is 0.343 e. The molecule has 0 spiro atoms. The second-order valence-electron chi connectivity index (χ2n) is 4.57. The molecule has 0 saturated carbocycles. The SMILES string of the molecule is CCN(CC)C(=O)C(CN)Cc1ccccc1C. The molecule has 1 aromatic carbocycles. The summed E-state index contributed by atoms with van der Waals surface area (Å²) in [5.41, 5.74) is 8.21. The summed E-state index contributed by atoms with van der Waals surface area (Å²) in [7, 11) is 0. The maximum Gasteiger partial charge on any atom is 0.227 e. The summed E-state index contributed by atoms with van der Waals surface area (Å²) >= 11 is 0. The Morgan fingerprint density at radius 1 is 1.28 bits per heavy atom. The summed E-state index contributed by atoms with van der Waals surface area (Å²) < 4.78 is 0. The Balaban J connectivity index is 2.79. The van der Waals surface area contributed by atoms with E-state index in [0.717, 1.165) is 19.5 Å². The van der Waals surface area contributed by atoms with Crippen LogP contribution in [0.2, 0.25) is 0 Å². The van der Waals surface area contributed by atoms with Crippen molar-refractivity contribution in [3.8, 4) is 0 Å². The van der Waals surface area contributed by atoms with E-state index in [9.17, 15) is 4.79 Å². The van der Waals surface area contributed by atoms with Crippen LogP contribution in [0.15, 0.2) is 24.3 Å². The summed E-state index contributed by atoms with van der Waals surface area (Å²) in [5.74, 6) is 0.0664. The highest BCUT2D eigenvalue weighted by atomic mass is 16.2. The number of carbonyl (C=O) groups is 1. The van der Waals surface area contributed by atoms with Gasteiger partial charge in [0.25, 0.3) is 0 Å². The Hall–Kier alpha value is -1.35. The monoisotopic (exact) mass is 248 g/mol. The van der Waals surface area contributed by atoms with Crippen LogP contribution in [0.25, 0.3) is 0 Å². The molecule has 3 heteroatoms. The molecule has 0 aliphatic carbocycles. The highest BCUT2D eigenvalue weighted by Gasteiger charge is 2.21. The standard InChI is InChI=1S/C15H24N2O/c1-4-17(5-2)15(18)14(11-16)10-13-9-7-6-8-12(13)3/h6-9,14H,4-5,10-11,16H2,1-3H3. The smallest absolute Gasteiger partial charge is 0.227 e. The third-order valence-corrected chi connectivity index (χ3v) is 3.44. The van der Waals surface area contributed by atoms with Gasteiger partial charge in [0.05, 0.1) is 5.92 Å². The molecule has 100 valence electrons. The van der Waals surface area contributed by atoms with Crippen molar-refractivity contribution in [2.75, 3.05) is 19.6 Å². The van der Waals surface area contributed by atoms with Gasteiger partial charge in [-0.05, 0) is 38.3 Å². The van der Waals surface area contributed by atoms with Gasteiger partial charge in [-0.1, -0.05) is 24.3 Å². The number of carbonyl (C=O) groups excluding carboxylic acids is 1. The van der Waals surface area contributed by atoms with Gasteiger partial charge in [-0.25, -0.2) is 0 Å². The molecule has 1 atom stereocenters. The highest BCUT2D eigenvalue weighted by Crippen LogP contribution is 2.14. The number of amides is 1. The number of hydrogen-bond donors (Lipinski definition) is 1. The van der Waals surface area contributed by atoms with Crippen LogP contribution in [0.4, 0.5) is 0 Å². The third kappa shape index (κ3) is 3.57. The van der Waals surface area contributed by atoms with Gasteiger partial charge in [0.15, 0.2) is 0 Å². The van der Waals surface area contributed by atoms with Crippen LogP contribution in [0.5, 0.6) is 0 Å². The first-order chi connectivity index (χ1) is 8.63. The minimum Gasteiger partial charge on any atom is -0.343 e. The molecule has 3 nitrogen and oxygen atoms in total. The molecule has 2 N–H and O–H groups in total. The van der Waals surface area contributed by atoms with E-state index in [-0.39, 0.29) is 11.8 Å². The van der Waals surface area contributed by atoms with Gasteiger partial charge >= 0.3 is 0 Å². The Morgan fingerprint density at radius 2 is 1.89 bits per heavy atom. The molecule has 0 radical (unpaired) electrons. The van der Waals surface area contributed by atoms with Gasteiger partial charge in [-0.2, -0.15) is 0 Å². The van der Waals surface area contributed by atoms with Crippen molar-refractivity contribution in [3.63, 3.8) is 0 Å². The lowest BCUT2D eigenvalue weighted by molar-refractivity contribution is -0.134. The molecule has 0 saturated heterocycles. The van der Waals surface area contributed by atoms with Crippen LogP contribution in [0, 0.1) is 12.8 Å². The maximum atomic E-state index is 12.3. The molecule has 0 aliphatic heterocycles. The van der Waals surface area contributed by atoms with Crippen molar-refractivity contribution in [2.24, 2.45) is 11.7 Å². The molecule has 0 bridgehead atoms. The molecule has 18 heavy (non-hydrogen) atoms. The summed E-state index contributed by atoms with van der Waals surface area (Å²) in [4.78, 5) is 14.2. The van der Waals surface area contributed by atoms with Crippen molar-refractivity contribution in [1.82, 2.24) is 4.90 Å². The van der Waals surface area contributed by atoms with Crippen molar-refractivity contribution in [2.45, 2.75) is 27.2 Å². The minimum absolute atomic E-state index is 0.106. The fraction of sp³-hybridized carbons (Fsp3) is 0.533.